The number of piperidine rings is 3. The zero-order chi connectivity index (χ0) is 41.6. The van der Waals surface area contributed by atoms with Gasteiger partial charge in [0.15, 0.2) is 11.6 Å². The molecule has 5 aliphatic heterocycles. The first kappa shape index (κ1) is 42.7. The molecule has 1 amide bonds. The fourth-order valence-electron chi connectivity index (χ4n) is 10.4. The molecule has 3 N–H and O–H groups in total. The number of aliphatic hydroxyl groups is 1. The number of nitrogens with one attached hydrogen (secondary N) is 1. The van der Waals surface area contributed by atoms with Gasteiger partial charge in [-0.25, -0.2) is 0 Å². The zero-order valence-corrected chi connectivity index (χ0v) is 36.1. The number of para-hydroxylation sites is 1. The monoisotopic (exact) mass is 829 g/mol. The maximum absolute atomic E-state index is 13.2. The first-order valence-corrected chi connectivity index (χ1v) is 22.8. The normalized spacial score (nSPS) is 23.1. The van der Waals surface area contributed by atoms with Crippen LogP contribution in [0.5, 0.6) is 11.6 Å². The maximum atomic E-state index is 13.2. The van der Waals surface area contributed by atoms with Crippen molar-refractivity contribution >= 4 is 17.4 Å². The molecule has 5 saturated heterocycles. The summed E-state index contributed by atoms with van der Waals surface area (Å²) in [4.78, 5) is 28.1. The van der Waals surface area contributed by atoms with Crippen LogP contribution in [0.15, 0.2) is 40.9 Å². The van der Waals surface area contributed by atoms with Crippen LogP contribution in [0.3, 0.4) is 0 Å². The van der Waals surface area contributed by atoms with E-state index >= 15 is 0 Å². The van der Waals surface area contributed by atoms with Gasteiger partial charge in [0.2, 0.25) is 5.91 Å². The third-order valence-corrected chi connectivity index (χ3v) is 14.0. The molecule has 60 heavy (non-hydrogen) atoms. The van der Waals surface area contributed by atoms with Crippen molar-refractivity contribution in [3.05, 3.63) is 42.2 Å². The van der Waals surface area contributed by atoms with Gasteiger partial charge in [-0.3, -0.25) is 14.6 Å². The van der Waals surface area contributed by atoms with Crippen LogP contribution in [0, 0.1) is 11.8 Å². The number of carbonyl (C=O) groups is 1. The van der Waals surface area contributed by atoms with Crippen LogP contribution >= 0.6 is 0 Å². The lowest BCUT2D eigenvalue weighted by Crippen LogP contribution is -2.53. The SMILES string of the molecule is CNc1nnc(-c2ccccc2O)cc1N1CCN(CC2CCN(C3CCN(C4CCN(CCOc5cc(C(C(=O)N6CCC(O)C6)C(C)C)on5)CC4)CC3)CC2)CC1. The Kier molecular flexibility index (Phi) is 14.1. The van der Waals surface area contributed by atoms with E-state index in [1.54, 1.807) is 17.0 Å². The number of rotatable bonds is 14. The highest BCUT2D eigenvalue weighted by atomic mass is 16.5. The minimum absolute atomic E-state index is 0.0123. The van der Waals surface area contributed by atoms with E-state index in [2.05, 4.69) is 51.2 Å². The predicted molar refractivity (Wildman–Crippen MR) is 232 cm³/mol. The Labute approximate surface area is 356 Å². The third kappa shape index (κ3) is 10.2. The number of aromatic hydroxyl groups is 1. The molecule has 0 saturated carbocycles. The first-order valence-electron chi connectivity index (χ1n) is 22.8. The zero-order valence-electron chi connectivity index (χ0n) is 36.1. The minimum atomic E-state index is -0.446. The van der Waals surface area contributed by atoms with Crippen molar-refractivity contribution < 1.29 is 24.3 Å². The number of phenolic OH excluding ortho intramolecular Hbond substituents is 1. The largest absolute Gasteiger partial charge is 0.507 e. The molecule has 328 valence electrons. The van der Waals surface area contributed by atoms with Gasteiger partial charge < -0.3 is 44.4 Å². The molecule has 15 nitrogen and oxygen atoms in total. The summed E-state index contributed by atoms with van der Waals surface area (Å²) in [7, 11) is 1.89. The summed E-state index contributed by atoms with van der Waals surface area (Å²) < 4.78 is 11.6. The van der Waals surface area contributed by atoms with Gasteiger partial charge in [-0.1, -0.05) is 26.0 Å². The van der Waals surface area contributed by atoms with Gasteiger partial charge in [0, 0.05) is 83.1 Å². The number of aromatic nitrogens is 3. The Morgan fingerprint density at radius 3 is 2.18 bits per heavy atom. The number of ether oxygens (including phenoxy) is 1. The summed E-state index contributed by atoms with van der Waals surface area (Å²) >= 11 is 0. The van der Waals surface area contributed by atoms with Crippen LogP contribution in [0.1, 0.15) is 70.5 Å². The summed E-state index contributed by atoms with van der Waals surface area (Å²) in [5.74, 6) is 2.34. The number of hydrogen-bond donors (Lipinski definition) is 3. The van der Waals surface area contributed by atoms with Crippen LogP contribution in [0.25, 0.3) is 11.3 Å². The highest BCUT2D eigenvalue weighted by Gasteiger charge is 2.36. The fourth-order valence-corrected chi connectivity index (χ4v) is 10.4. The van der Waals surface area contributed by atoms with Crippen LogP contribution in [-0.2, 0) is 4.79 Å². The maximum Gasteiger partial charge on any atom is 0.254 e. The molecule has 0 radical (unpaired) electrons. The second kappa shape index (κ2) is 19.8. The highest BCUT2D eigenvalue weighted by molar-refractivity contribution is 5.83. The molecule has 2 unspecified atom stereocenters. The van der Waals surface area contributed by atoms with Crippen LogP contribution < -0.4 is 15.0 Å². The average Bonchev–Trinajstić information content (AvgIpc) is 3.93. The average molecular weight is 829 g/mol. The molecule has 0 spiro atoms. The molecule has 5 fully saturated rings. The second-order valence-electron chi connectivity index (χ2n) is 18.2. The van der Waals surface area contributed by atoms with Crippen molar-refractivity contribution in [2.24, 2.45) is 11.8 Å². The summed E-state index contributed by atoms with van der Waals surface area (Å²) in [5.41, 5.74) is 2.44. The Morgan fingerprint density at radius 1 is 0.850 bits per heavy atom. The van der Waals surface area contributed by atoms with Crippen molar-refractivity contribution in [2.45, 2.75) is 82.9 Å². The molecular weight excluding hydrogens is 761 g/mol. The predicted octanol–water partition coefficient (Wildman–Crippen LogP) is 4.05. The van der Waals surface area contributed by atoms with Gasteiger partial charge in [0.1, 0.15) is 18.3 Å². The van der Waals surface area contributed by atoms with E-state index in [1.807, 2.05) is 39.1 Å². The van der Waals surface area contributed by atoms with Crippen molar-refractivity contribution in [2.75, 3.05) is 115 Å². The van der Waals surface area contributed by atoms with E-state index in [-0.39, 0.29) is 17.6 Å². The molecule has 8 rings (SSSR count). The fraction of sp³-hybridized carbons (Fsp3) is 0.689. The Balaban J connectivity index is 0.704. The van der Waals surface area contributed by atoms with Crippen LogP contribution in [0.4, 0.5) is 11.5 Å². The molecule has 0 aliphatic carbocycles. The summed E-state index contributed by atoms with van der Waals surface area (Å²) in [6.45, 7) is 18.6. The summed E-state index contributed by atoms with van der Waals surface area (Å²) in [6.07, 6.45) is 7.75. The lowest BCUT2D eigenvalue weighted by molar-refractivity contribution is -0.133. The topological polar surface area (TPSA) is 150 Å². The number of hydrogen-bond acceptors (Lipinski definition) is 14. The number of anilines is 2. The Hall–Kier alpha value is -4.02. The first-order chi connectivity index (χ1) is 29.2. The highest BCUT2D eigenvalue weighted by Crippen LogP contribution is 2.34. The number of likely N-dealkylation sites (tertiary alicyclic amines) is 4. The molecule has 2 aromatic heterocycles. The number of benzene rings is 1. The van der Waals surface area contributed by atoms with Gasteiger partial charge in [0.25, 0.3) is 5.88 Å². The number of piperazine rings is 1. The van der Waals surface area contributed by atoms with E-state index in [0.29, 0.717) is 55.1 Å². The lowest BCUT2D eigenvalue weighted by atomic mass is 9.92. The van der Waals surface area contributed by atoms with E-state index in [0.717, 1.165) is 69.3 Å². The number of β-amino-alcohol motifs (C(OH)–C–C–N with tert-alkyl or cyclic N) is 1. The lowest BCUT2D eigenvalue weighted by Gasteiger charge is -2.46. The third-order valence-electron chi connectivity index (χ3n) is 14.0. The summed E-state index contributed by atoms with van der Waals surface area (Å²) in [6, 6.07) is 12.5. The molecule has 7 heterocycles. The second-order valence-corrected chi connectivity index (χ2v) is 18.2. The number of aliphatic hydroxyl groups excluding tert-OH is 1. The molecule has 1 aromatic carbocycles. The number of carbonyl (C=O) groups excluding carboxylic acids is 1. The van der Waals surface area contributed by atoms with Gasteiger partial charge >= 0.3 is 0 Å². The van der Waals surface area contributed by atoms with Gasteiger partial charge in [-0.2, -0.15) is 0 Å². The van der Waals surface area contributed by atoms with E-state index in [1.165, 1.54) is 71.2 Å². The number of amides is 1. The number of nitrogens with zero attached hydrogens (tertiary/aromatic N) is 9. The smallest absolute Gasteiger partial charge is 0.254 e. The molecule has 5 aliphatic rings. The minimum Gasteiger partial charge on any atom is -0.507 e. The molecule has 2 atom stereocenters. The van der Waals surface area contributed by atoms with Gasteiger partial charge in [0.05, 0.1) is 17.5 Å². The van der Waals surface area contributed by atoms with Crippen molar-refractivity contribution in [1.82, 2.24) is 39.9 Å². The molecular formula is C45H68N10O5. The molecule has 15 heteroatoms. The number of phenols is 1. The molecule has 0 bridgehead atoms. The standard InChI is InChI=1S/C45H68N10O5/c1-32(2)43(45(58)55-21-14-36(56)31-55)41-29-42(49-60-41)59-27-26-50-15-10-34(11-16-50)53-19-12-35(13-20-53)52-17-8-33(9-18-52)30-51-22-24-54(25-23-51)39-28-38(47-48-44(39)46-3)37-6-4-5-7-40(37)57/h4-7,28-29,32-36,43,56-57H,8-27,30-31H2,1-3H3,(H,46,48). The van der Waals surface area contributed by atoms with Crippen molar-refractivity contribution in [3.8, 4) is 22.9 Å². The van der Waals surface area contributed by atoms with E-state index < -0.39 is 12.0 Å². The summed E-state index contributed by atoms with van der Waals surface area (Å²) in [5, 5.41) is 36.5. The van der Waals surface area contributed by atoms with Crippen molar-refractivity contribution in [3.63, 3.8) is 0 Å². The van der Waals surface area contributed by atoms with Gasteiger partial charge in [-0.15, -0.1) is 10.2 Å². The Bertz CT molecular complexity index is 1830. The quantitative estimate of drug-likeness (QED) is 0.215. The van der Waals surface area contributed by atoms with E-state index in [4.69, 9.17) is 9.26 Å². The van der Waals surface area contributed by atoms with Crippen LogP contribution in [-0.4, -0.2) is 179 Å². The van der Waals surface area contributed by atoms with Gasteiger partial charge in [-0.05, 0) is 119 Å². The molecule has 3 aromatic rings. The van der Waals surface area contributed by atoms with Crippen LogP contribution in [0.2, 0.25) is 0 Å². The van der Waals surface area contributed by atoms with Crippen molar-refractivity contribution in [1.29, 1.82) is 0 Å². The Morgan fingerprint density at radius 2 is 1.53 bits per heavy atom. The van der Waals surface area contributed by atoms with E-state index in [9.17, 15) is 15.0 Å².